The van der Waals surface area contributed by atoms with Gasteiger partial charge in [0, 0.05) is 12.3 Å². The van der Waals surface area contributed by atoms with E-state index in [2.05, 4.69) is 20.8 Å². The van der Waals surface area contributed by atoms with E-state index < -0.39 is 0 Å². The molecule has 0 aromatic rings. The van der Waals surface area contributed by atoms with Crippen molar-refractivity contribution in [1.29, 1.82) is 0 Å². The SMILES string of the molecule is C[C@H](C(=O)OC[C@H]1CC[C@H]2C[C@H]1C2(C)C)[C@H]1CC[C@H]2C(=O)CCC[C@]12C. The molecule has 5 aliphatic carbocycles. The van der Waals surface area contributed by atoms with Gasteiger partial charge in [0.05, 0.1) is 12.5 Å². The summed E-state index contributed by atoms with van der Waals surface area (Å²) in [4.78, 5) is 25.2. The molecule has 26 heavy (non-hydrogen) atoms. The Labute approximate surface area is 158 Å². The van der Waals surface area contributed by atoms with Gasteiger partial charge < -0.3 is 4.74 Å². The normalized spacial score (nSPS) is 44.8. The summed E-state index contributed by atoms with van der Waals surface area (Å²) in [5, 5.41) is 0. The minimum Gasteiger partial charge on any atom is -0.465 e. The summed E-state index contributed by atoms with van der Waals surface area (Å²) in [5.41, 5.74) is 0.456. The molecule has 5 fully saturated rings. The third-order valence-corrected chi connectivity index (χ3v) is 9.35. The lowest BCUT2D eigenvalue weighted by Gasteiger charge is -2.60. The first-order valence-electron chi connectivity index (χ1n) is 10.9. The van der Waals surface area contributed by atoms with Gasteiger partial charge in [-0.05, 0) is 79.4 Å². The molecule has 0 amide bonds. The molecular formula is C23H36O3. The predicted molar refractivity (Wildman–Crippen MR) is 101 cm³/mol. The van der Waals surface area contributed by atoms with Crippen molar-refractivity contribution >= 4 is 11.8 Å². The number of carbonyl (C=O) groups excluding carboxylic acids is 2. The number of ether oxygens (including phenoxy) is 1. The quantitative estimate of drug-likeness (QED) is 0.661. The van der Waals surface area contributed by atoms with Crippen molar-refractivity contribution in [3.8, 4) is 0 Å². The van der Waals surface area contributed by atoms with Crippen molar-refractivity contribution in [1.82, 2.24) is 0 Å². The van der Waals surface area contributed by atoms with Gasteiger partial charge in [-0.25, -0.2) is 0 Å². The van der Waals surface area contributed by atoms with Crippen molar-refractivity contribution in [3.05, 3.63) is 0 Å². The largest absolute Gasteiger partial charge is 0.465 e. The fraction of sp³-hybridized carbons (Fsp3) is 0.913. The molecule has 0 unspecified atom stereocenters. The van der Waals surface area contributed by atoms with E-state index in [-0.39, 0.29) is 23.2 Å². The van der Waals surface area contributed by atoms with E-state index >= 15 is 0 Å². The summed E-state index contributed by atoms with van der Waals surface area (Å²) in [7, 11) is 0. The van der Waals surface area contributed by atoms with Gasteiger partial charge in [-0.1, -0.05) is 27.7 Å². The van der Waals surface area contributed by atoms with E-state index in [0.29, 0.717) is 29.6 Å². The summed E-state index contributed by atoms with van der Waals surface area (Å²) >= 11 is 0. The summed E-state index contributed by atoms with van der Waals surface area (Å²) in [6, 6.07) is 0. The highest BCUT2D eigenvalue weighted by Crippen LogP contribution is 2.61. The van der Waals surface area contributed by atoms with E-state index in [1.807, 2.05) is 6.92 Å². The fourth-order valence-electron chi connectivity index (χ4n) is 7.44. The Morgan fingerprint density at radius 2 is 1.96 bits per heavy atom. The standard InChI is InChI=1S/C23H36O3/c1-14(17-9-10-18-20(24)6-5-11-23(17,18)4)21(25)26-13-15-7-8-16-12-19(15)22(16,2)3/h14-19H,5-13H2,1-4H3/t14-,15+,16-,17+,18-,19+,23+/m0/s1. The van der Waals surface area contributed by atoms with E-state index in [9.17, 15) is 9.59 Å². The molecule has 0 spiro atoms. The van der Waals surface area contributed by atoms with Crippen LogP contribution in [-0.2, 0) is 14.3 Å². The molecule has 0 radical (unpaired) electrons. The van der Waals surface area contributed by atoms with Crippen LogP contribution in [0.15, 0.2) is 0 Å². The van der Waals surface area contributed by atoms with E-state index in [0.717, 1.165) is 43.9 Å². The number of hydrogen-bond acceptors (Lipinski definition) is 3. The van der Waals surface area contributed by atoms with Crippen LogP contribution < -0.4 is 0 Å². The zero-order valence-electron chi connectivity index (χ0n) is 17.1. The van der Waals surface area contributed by atoms with Crippen LogP contribution in [0.5, 0.6) is 0 Å². The van der Waals surface area contributed by atoms with Crippen LogP contribution in [0, 0.1) is 46.3 Å². The van der Waals surface area contributed by atoms with Gasteiger partial charge in [-0.15, -0.1) is 0 Å². The first-order valence-corrected chi connectivity index (χ1v) is 10.9. The number of ketones is 1. The van der Waals surface area contributed by atoms with Gasteiger partial charge in [0.15, 0.2) is 0 Å². The Morgan fingerprint density at radius 1 is 1.19 bits per heavy atom. The lowest BCUT2D eigenvalue weighted by atomic mass is 9.46. The zero-order valence-corrected chi connectivity index (χ0v) is 17.1. The number of carbonyl (C=O) groups is 2. The summed E-state index contributed by atoms with van der Waals surface area (Å²) in [5.74, 6) is 2.99. The third kappa shape index (κ3) is 2.67. The molecule has 2 bridgehead atoms. The van der Waals surface area contributed by atoms with Crippen LogP contribution >= 0.6 is 0 Å². The van der Waals surface area contributed by atoms with Crippen LogP contribution in [0.4, 0.5) is 0 Å². The molecule has 0 heterocycles. The van der Waals surface area contributed by atoms with Crippen molar-refractivity contribution < 1.29 is 14.3 Å². The summed E-state index contributed by atoms with van der Waals surface area (Å²) in [6.45, 7) is 9.69. The topological polar surface area (TPSA) is 43.4 Å². The zero-order chi connectivity index (χ0) is 18.7. The highest BCUT2D eigenvalue weighted by Gasteiger charge is 2.55. The number of rotatable bonds is 4. The van der Waals surface area contributed by atoms with Gasteiger partial charge in [-0.3, -0.25) is 9.59 Å². The van der Waals surface area contributed by atoms with Gasteiger partial charge in [-0.2, -0.15) is 0 Å². The van der Waals surface area contributed by atoms with Crippen molar-refractivity contribution in [3.63, 3.8) is 0 Å². The van der Waals surface area contributed by atoms with Crippen molar-refractivity contribution in [2.75, 3.05) is 6.61 Å². The second-order valence-corrected chi connectivity index (χ2v) is 10.7. The average molecular weight is 361 g/mol. The fourth-order valence-corrected chi connectivity index (χ4v) is 7.44. The highest BCUT2D eigenvalue weighted by molar-refractivity contribution is 5.83. The van der Waals surface area contributed by atoms with Crippen LogP contribution in [0.1, 0.15) is 79.1 Å². The Bertz CT molecular complexity index is 592. The summed E-state index contributed by atoms with van der Waals surface area (Å²) < 4.78 is 5.87. The molecule has 3 nitrogen and oxygen atoms in total. The van der Waals surface area contributed by atoms with Crippen LogP contribution in [-0.4, -0.2) is 18.4 Å². The molecular weight excluding hydrogens is 324 g/mol. The maximum atomic E-state index is 12.8. The molecule has 0 saturated heterocycles. The molecule has 146 valence electrons. The molecule has 3 heteroatoms. The summed E-state index contributed by atoms with van der Waals surface area (Å²) in [6.07, 6.45) is 8.64. The predicted octanol–water partition coefficient (Wildman–Crippen LogP) is 5.02. The lowest BCUT2D eigenvalue weighted by molar-refractivity contribution is -0.163. The molecule has 0 aromatic heterocycles. The van der Waals surface area contributed by atoms with E-state index in [1.54, 1.807) is 0 Å². The second-order valence-electron chi connectivity index (χ2n) is 10.7. The van der Waals surface area contributed by atoms with E-state index in [1.165, 1.54) is 19.3 Å². The average Bonchev–Trinajstić information content (AvgIpc) is 2.97. The number of esters is 1. The van der Waals surface area contributed by atoms with E-state index in [4.69, 9.17) is 4.74 Å². The van der Waals surface area contributed by atoms with Crippen LogP contribution in [0.3, 0.4) is 0 Å². The third-order valence-electron chi connectivity index (χ3n) is 9.35. The lowest BCUT2D eigenvalue weighted by Crippen LogP contribution is -2.53. The molecule has 0 aromatic carbocycles. The van der Waals surface area contributed by atoms with Crippen molar-refractivity contribution in [2.45, 2.75) is 79.1 Å². The van der Waals surface area contributed by atoms with Crippen molar-refractivity contribution in [2.24, 2.45) is 46.3 Å². The second kappa shape index (κ2) is 6.34. The smallest absolute Gasteiger partial charge is 0.308 e. The molecule has 0 aliphatic heterocycles. The molecule has 5 rings (SSSR count). The minimum atomic E-state index is -0.0818. The molecule has 5 saturated carbocycles. The Kier molecular flexibility index (Phi) is 4.51. The highest BCUT2D eigenvalue weighted by atomic mass is 16.5. The number of fused-ring (bicyclic) bond motifs is 3. The minimum absolute atomic E-state index is 0.0157. The van der Waals surface area contributed by atoms with Crippen LogP contribution in [0.2, 0.25) is 0 Å². The Morgan fingerprint density at radius 3 is 2.65 bits per heavy atom. The van der Waals surface area contributed by atoms with Gasteiger partial charge in [0.1, 0.15) is 5.78 Å². The van der Waals surface area contributed by atoms with Gasteiger partial charge in [0.25, 0.3) is 0 Å². The van der Waals surface area contributed by atoms with Gasteiger partial charge in [0.2, 0.25) is 0 Å². The van der Waals surface area contributed by atoms with Gasteiger partial charge >= 0.3 is 5.97 Å². The maximum absolute atomic E-state index is 12.8. The molecule has 5 aliphatic rings. The Balaban J connectivity index is 1.36. The maximum Gasteiger partial charge on any atom is 0.308 e. The first kappa shape index (κ1) is 18.5. The number of Topliss-reactive ketones (excluding diaryl/α,β-unsaturated/α-hetero) is 1. The Hall–Kier alpha value is -0.860. The molecule has 7 atom stereocenters. The van der Waals surface area contributed by atoms with Crippen LogP contribution in [0.25, 0.3) is 0 Å². The number of hydrogen-bond donors (Lipinski definition) is 0. The first-order chi connectivity index (χ1) is 12.2. The monoisotopic (exact) mass is 360 g/mol. The molecule has 0 N–H and O–H groups in total.